The average Bonchev–Trinajstić information content (AvgIpc) is 4.47. The van der Waals surface area contributed by atoms with Crippen LogP contribution in [0.25, 0.3) is 43.4 Å². The van der Waals surface area contributed by atoms with Crippen LogP contribution >= 0.6 is 68.0 Å². The van der Waals surface area contributed by atoms with E-state index in [1.54, 1.807) is 72.3 Å². The monoisotopic (exact) mass is 1200 g/mol. The third-order valence-corrected chi connectivity index (χ3v) is 19.0. The number of carbonyl (C=O) groups excluding carboxylic acids is 6. The summed E-state index contributed by atoms with van der Waals surface area (Å²) in [5, 5.41) is 52.2. The fraction of sp³-hybridized carbons (Fsp3) is 0.226. The molecule has 7 aromatic heterocycles. The van der Waals surface area contributed by atoms with Gasteiger partial charge in [0.2, 0.25) is 11.8 Å². The van der Waals surface area contributed by atoms with Crippen molar-refractivity contribution in [2.45, 2.75) is 63.1 Å². The van der Waals surface area contributed by atoms with Gasteiger partial charge in [-0.3, -0.25) is 28.8 Å². The molecule has 28 heteroatoms. The number of phenols is 1. The van der Waals surface area contributed by atoms with Crippen molar-refractivity contribution in [2.24, 2.45) is 17.4 Å². The molecule has 1 fully saturated rings. The van der Waals surface area contributed by atoms with Gasteiger partial charge in [-0.2, -0.15) is 0 Å². The summed E-state index contributed by atoms with van der Waals surface area (Å²) in [4.78, 5) is 118. The SMILES string of the molecule is Cc1sc2nc1C(=O)N[C@@H]([C@@H](O)c1ccccc1)c1nc(cs1)C(=O)N[C@@H](Cc1ccc(O)cc1)C(=O)N1C[C@H](O)[C@H](C)[C@H]1c1nc(cs1)-c1nc(cs1)-c1nc(-c3nc(C(N)=O)cs3)ccc1-c1nc(cs1)C(=O)N[C@H]2CC(N)=O. The normalized spacial score (nSPS) is 20.0. The third kappa shape index (κ3) is 11.4. The van der Waals surface area contributed by atoms with Gasteiger partial charge in [0.15, 0.2) is 0 Å². The van der Waals surface area contributed by atoms with Crippen molar-refractivity contribution >= 4 is 103 Å². The quantitative estimate of drug-likeness (QED) is 0.0817. The number of amides is 6. The zero-order valence-corrected chi connectivity index (χ0v) is 47.3. The van der Waals surface area contributed by atoms with Crippen LogP contribution in [-0.2, 0) is 16.0 Å². The number of hydrogen-bond donors (Lipinski definition) is 8. The second kappa shape index (κ2) is 22.8. The second-order valence-electron chi connectivity index (χ2n) is 18.9. The van der Waals surface area contributed by atoms with Crippen molar-refractivity contribution in [3.63, 3.8) is 0 Å². The molecule has 22 nitrogen and oxygen atoms in total. The molecular weight excluding hydrogens is 1160 g/mol. The number of aromatic hydroxyl groups is 1. The molecule has 7 atom stereocenters. The first-order valence-corrected chi connectivity index (χ1v) is 29.9. The van der Waals surface area contributed by atoms with Crippen molar-refractivity contribution in [2.75, 3.05) is 6.54 Å². The van der Waals surface area contributed by atoms with Gasteiger partial charge < -0.3 is 47.6 Å². The minimum absolute atomic E-state index is 0.00146. The Morgan fingerprint density at radius 3 is 2.05 bits per heavy atom. The van der Waals surface area contributed by atoms with Crippen molar-refractivity contribution in [1.82, 2.24) is 55.7 Å². The number of rotatable bonds is 8. The maximum Gasteiger partial charge on any atom is 0.271 e. The zero-order valence-electron chi connectivity index (χ0n) is 42.4. The van der Waals surface area contributed by atoms with E-state index in [2.05, 4.69) is 30.9 Å². The molecule has 10 bridgehead atoms. The van der Waals surface area contributed by atoms with E-state index in [9.17, 15) is 39.3 Å². The van der Waals surface area contributed by atoms with E-state index in [4.69, 9.17) is 31.4 Å². The molecule has 0 aliphatic carbocycles. The van der Waals surface area contributed by atoms with Gasteiger partial charge in [-0.05, 0) is 42.3 Å². The topological polar surface area (TPSA) is 345 Å². The van der Waals surface area contributed by atoms with Gasteiger partial charge in [0.1, 0.15) is 93.8 Å². The first-order chi connectivity index (χ1) is 39.0. The number of nitrogens with one attached hydrogen (secondary N) is 3. The zero-order chi connectivity index (χ0) is 56.8. The minimum Gasteiger partial charge on any atom is -0.508 e. The number of aliphatic hydroxyl groups is 2. The Labute approximate surface area is 483 Å². The Kier molecular flexibility index (Phi) is 15.4. The number of aryl methyl sites for hydroxylation is 1. The molecular formula is C53H45N13O9S6. The molecule has 6 amide bonds. The molecule has 9 aromatic rings. The highest BCUT2D eigenvalue weighted by molar-refractivity contribution is 7.15. The van der Waals surface area contributed by atoms with Crippen LogP contribution in [0.3, 0.4) is 0 Å². The summed E-state index contributed by atoms with van der Waals surface area (Å²) in [7, 11) is 0. The van der Waals surface area contributed by atoms with Gasteiger partial charge in [-0.1, -0.05) is 49.4 Å². The summed E-state index contributed by atoms with van der Waals surface area (Å²) in [6, 6.07) is 13.8. The van der Waals surface area contributed by atoms with E-state index >= 15 is 4.79 Å². The molecule has 9 heterocycles. The number of carbonyl (C=O) groups is 6. The van der Waals surface area contributed by atoms with Gasteiger partial charge in [0.05, 0.1) is 30.3 Å². The lowest BCUT2D eigenvalue weighted by molar-refractivity contribution is -0.134. The first-order valence-electron chi connectivity index (χ1n) is 24.7. The number of pyridine rings is 1. The summed E-state index contributed by atoms with van der Waals surface area (Å²) in [6.07, 6.45) is -2.80. The lowest BCUT2D eigenvalue weighted by atomic mass is 10.00. The maximum absolute atomic E-state index is 15.1. The van der Waals surface area contributed by atoms with Crippen molar-refractivity contribution in [3.8, 4) is 49.1 Å². The van der Waals surface area contributed by atoms with Crippen LogP contribution in [0.15, 0.2) is 93.6 Å². The second-order valence-corrected chi connectivity index (χ2v) is 24.5. The molecule has 412 valence electrons. The largest absolute Gasteiger partial charge is 0.508 e. The molecule has 0 unspecified atom stereocenters. The Morgan fingerprint density at radius 2 is 1.31 bits per heavy atom. The fourth-order valence-corrected chi connectivity index (χ4v) is 14.6. The number of phenolic OH excluding ortho intramolecular Hbond substituents is 1. The molecule has 11 rings (SSSR count). The molecule has 0 saturated carbocycles. The molecule has 81 heavy (non-hydrogen) atoms. The highest BCUT2D eigenvalue weighted by atomic mass is 32.1. The summed E-state index contributed by atoms with van der Waals surface area (Å²) in [5.41, 5.74) is 14.2. The van der Waals surface area contributed by atoms with E-state index in [1.165, 1.54) is 67.2 Å². The van der Waals surface area contributed by atoms with E-state index in [0.717, 1.165) is 34.0 Å². The molecule has 0 spiro atoms. The Balaban J connectivity index is 1.02. The van der Waals surface area contributed by atoms with Gasteiger partial charge in [-0.15, -0.1) is 68.0 Å². The summed E-state index contributed by atoms with van der Waals surface area (Å²) >= 11 is 6.89. The van der Waals surface area contributed by atoms with Crippen molar-refractivity contribution in [1.29, 1.82) is 0 Å². The highest BCUT2D eigenvalue weighted by Crippen LogP contribution is 2.43. The number of thiazole rings is 6. The van der Waals surface area contributed by atoms with Crippen molar-refractivity contribution < 1.29 is 44.1 Å². The lowest BCUT2D eigenvalue weighted by Gasteiger charge is -2.29. The van der Waals surface area contributed by atoms with Crippen LogP contribution in [0.2, 0.25) is 0 Å². The number of nitrogens with zero attached hydrogens (tertiary/aromatic N) is 8. The van der Waals surface area contributed by atoms with Crippen LogP contribution in [0.4, 0.5) is 0 Å². The fourth-order valence-electron chi connectivity index (χ4n) is 9.31. The number of primary amides is 2. The average molecular weight is 1200 g/mol. The minimum atomic E-state index is -1.40. The van der Waals surface area contributed by atoms with E-state index in [-0.39, 0.29) is 51.5 Å². The standard InChI is InChI=1S/C53H45N13O9S6/c1-22-36(68)16-66-41(22)52-63-35(21-80-52)49-59-31(17-77-49)39-27(12-13-28(56-39)48-60-32(18-78-48)43(55)71)47-61-33(19-76-47)44(72)57-29(15-37(54)69)50-65-38(23(2)81-50)46(74)64-40(42(70)25-6-4-3-5-7-25)51-62-34(20-79-51)45(73)58-30(53(66)75)14-24-8-10-26(67)11-9-24/h3-13,17-22,29-30,36,40-42,67-68,70H,14-16H2,1-2H3,(H2,54,69)(H2,55,71)(H,57,72)(H,58,73)(H,64,74)/t22-,29-,30-,36-,40-,41-,42-/m0/s1. The first kappa shape index (κ1) is 54.8. The predicted octanol–water partition coefficient (Wildman–Crippen LogP) is 6.39. The van der Waals surface area contributed by atoms with Crippen molar-refractivity contribution in [3.05, 3.63) is 147 Å². The molecule has 10 N–H and O–H groups in total. The number of fused-ring (bicyclic) bond motifs is 16. The van der Waals surface area contributed by atoms with E-state index < -0.39 is 84.2 Å². The molecule has 2 aliphatic rings. The molecule has 0 radical (unpaired) electrons. The number of hydrogen-bond acceptors (Lipinski definition) is 22. The van der Waals surface area contributed by atoms with Crippen LogP contribution < -0.4 is 27.4 Å². The number of aromatic nitrogens is 7. The molecule has 1 saturated heterocycles. The smallest absolute Gasteiger partial charge is 0.271 e. The van der Waals surface area contributed by atoms with Gasteiger partial charge in [0.25, 0.3) is 23.6 Å². The van der Waals surface area contributed by atoms with Crippen LogP contribution in [0.5, 0.6) is 5.75 Å². The molecule has 2 aliphatic heterocycles. The highest BCUT2D eigenvalue weighted by Gasteiger charge is 2.45. The third-order valence-electron chi connectivity index (χ3n) is 13.5. The van der Waals surface area contributed by atoms with Gasteiger partial charge in [0, 0.05) is 56.2 Å². The summed E-state index contributed by atoms with van der Waals surface area (Å²) in [6.45, 7) is 3.36. The number of aliphatic hydroxyl groups excluding tert-OH is 2. The van der Waals surface area contributed by atoms with Gasteiger partial charge >= 0.3 is 0 Å². The predicted molar refractivity (Wildman–Crippen MR) is 304 cm³/mol. The Hall–Kier alpha value is -8.09. The van der Waals surface area contributed by atoms with E-state index in [1.807, 2.05) is 6.92 Å². The Morgan fingerprint density at radius 1 is 0.667 bits per heavy atom. The lowest BCUT2D eigenvalue weighted by Crippen LogP contribution is -2.50. The van der Waals surface area contributed by atoms with E-state index in [0.29, 0.717) is 64.4 Å². The van der Waals surface area contributed by atoms with Crippen LogP contribution in [0.1, 0.15) is 111 Å². The van der Waals surface area contributed by atoms with Gasteiger partial charge in [-0.25, -0.2) is 34.9 Å². The van der Waals surface area contributed by atoms with Crippen LogP contribution in [-0.4, -0.2) is 109 Å². The molecule has 2 aromatic carbocycles. The van der Waals surface area contributed by atoms with Crippen LogP contribution in [0, 0.1) is 12.8 Å². The Bertz CT molecular complexity index is 3890. The number of benzene rings is 2. The number of nitrogens with two attached hydrogens (primary N) is 2. The summed E-state index contributed by atoms with van der Waals surface area (Å²) in [5.74, 6) is -4.69. The maximum atomic E-state index is 15.1. The summed E-state index contributed by atoms with van der Waals surface area (Å²) < 4.78 is 0.